The standard InChI is InChI=1S/C19H16N4OS.3C19H15N3OS2.C18H12BrN3O2S/c1-11-4-6-12(7-5-11)16-10-14-15(9-13-3-2-8-21-13)22-23-17(19(20)24)18(14)25-16;3*1-11-2-4-13(5-3-11)16-9-14-15(8-12-6-7-24-10-12)21-22-17(19(20)23)18(14)25-16;19-12-3-1-11(2-4-12)15-8-13-14(7-10-5-6-24-9-10)21-22-16(18(20)23)17(13)25-15/h2-8,10,21H,9H2,1H3,(H2,20,24);3*2-7,9-10H,8H2,1H3,(H2,20,23);1-6,8-9H,7H2,(H2,20,23). The van der Waals surface area contributed by atoms with E-state index >= 15 is 0 Å². The summed E-state index contributed by atoms with van der Waals surface area (Å²) in [5.41, 5.74) is 48.8. The Labute approximate surface area is 755 Å². The van der Waals surface area contributed by atoms with Crippen molar-refractivity contribution in [3.8, 4) is 52.2 Å². The molecule has 20 aromatic rings. The van der Waals surface area contributed by atoms with E-state index in [1.54, 1.807) is 46.5 Å². The van der Waals surface area contributed by atoms with Gasteiger partial charge in [-0.1, -0.05) is 147 Å². The molecule has 125 heavy (non-hydrogen) atoms. The Morgan fingerprint density at radius 2 is 0.592 bits per heavy atom. The second kappa shape index (κ2) is 38.3. The summed E-state index contributed by atoms with van der Waals surface area (Å²) in [6.45, 7) is 8.24. The maximum absolute atomic E-state index is 11.8. The molecule has 0 unspecified atom stereocenters. The largest absolute Gasteiger partial charge is 0.472 e. The molecule has 5 amide bonds. The molecule has 0 fully saturated rings. The van der Waals surface area contributed by atoms with Crippen LogP contribution in [-0.2, 0) is 32.1 Å². The summed E-state index contributed by atoms with van der Waals surface area (Å²) in [5.74, 6) is -2.76. The van der Waals surface area contributed by atoms with Crippen LogP contribution in [0.5, 0.6) is 0 Å². The summed E-state index contributed by atoms with van der Waals surface area (Å²) in [4.78, 5) is 67.3. The van der Waals surface area contributed by atoms with Crippen molar-refractivity contribution < 1.29 is 28.4 Å². The lowest BCUT2D eigenvalue weighted by Crippen LogP contribution is -2.14. The van der Waals surface area contributed by atoms with Gasteiger partial charge in [0.25, 0.3) is 29.5 Å². The first-order chi connectivity index (χ1) is 60.6. The lowest BCUT2D eigenvalue weighted by atomic mass is 10.1. The van der Waals surface area contributed by atoms with Crippen molar-refractivity contribution in [3.05, 3.63) is 351 Å². The number of carbonyl (C=O) groups excluding carboxylic acids is 5. The highest BCUT2D eigenvalue weighted by atomic mass is 79.9. The zero-order valence-electron chi connectivity index (χ0n) is 67.1. The molecule has 15 aromatic heterocycles. The van der Waals surface area contributed by atoms with Crippen LogP contribution in [0.2, 0.25) is 0 Å². The van der Waals surface area contributed by atoms with Crippen molar-refractivity contribution in [2.45, 2.75) is 59.8 Å². The zero-order chi connectivity index (χ0) is 86.9. The number of aromatic amines is 1. The van der Waals surface area contributed by atoms with E-state index in [-0.39, 0.29) is 28.5 Å². The smallest absolute Gasteiger partial charge is 0.270 e. The van der Waals surface area contributed by atoms with Crippen molar-refractivity contribution in [2.75, 3.05) is 0 Å². The van der Waals surface area contributed by atoms with Gasteiger partial charge in [-0.25, -0.2) is 0 Å². The Morgan fingerprint density at radius 3 is 0.824 bits per heavy atom. The van der Waals surface area contributed by atoms with Crippen LogP contribution in [0.15, 0.2) is 248 Å². The molecular formula is C94H73BrN16O6S8. The van der Waals surface area contributed by atoms with Crippen LogP contribution in [0.4, 0.5) is 0 Å². The van der Waals surface area contributed by atoms with Gasteiger partial charge in [0, 0.05) is 99.8 Å². The third-order valence-electron chi connectivity index (χ3n) is 20.1. The van der Waals surface area contributed by atoms with E-state index in [4.69, 9.17) is 33.1 Å². The maximum atomic E-state index is 11.8. The van der Waals surface area contributed by atoms with Crippen molar-refractivity contribution in [2.24, 2.45) is 28.7 Å². The number of benzene rings is 5. The third kappa shape index (κ3) is 19.9. The monoisotopic (exact) mass is 1860 g/mol. The third-order valence-corrected chi connectivity index (χ3v) is 28.8. The summed E-state index contributed by atoms with van der Waals surface area (Å²) in [7, 11) is 0. The van der Waals surface area contributed by atoms with E-state index in [0.29, 0.717) is 32.1 Å². The first-order valence-corrected chi connectivity index (χ1v) is 46.4. The lowest BCUT2D eigenvalue weighted by molar-refractivity contribution is 0.0988. The molecule has 0 aliphatic rings. The minimum absolute atomic E-state index is 0.208. The maximum Gasteiger partial charge on any atom is 0.270 e. The molecule has 22 nitrogen and oxygen atoms in total. The number of hydrogen-bond acceptors (Lipinski definition) is 24. The highest BCUT2D eigenvalue weighted by Gasteiger charge is 2.25. The van der Waals surface area contributed by atoms with Gasteiger partial charge < -0.3 is 38.1 Å². The van der Waals surface area contributed by atoms with Gasteiger partial charge in [-0.05, 0) is 189 Å². The van der Waals surface area contributed by atoms with Crippen LogP contribution < -0.4 is 28.7 Å². The molecule has 0 spiro atoms. The number of nitrogens with two attached hydrogens (primary N) is 5. The molecule has 0 bridgehead atoms. The lowest BCUT2D eigenvalue weighted by Gasteiger charge is -2.02. The molecule has 620 valence electrons. The Morgan fingerprint density at radius 1 is 0.328 bits per heavy atom. The normalized spacial score (nSPS) is 11.1. The number of furan rings is 1. The van der Waals surface area contributed by atoms with E-state index in [2.05, 4.69) is 255 Å². The van der Waals surface area contributed by atoms with Gasteiger partial charge in [0.1, 0.15) is 0 Å². The minimum Gasteiger partial charge on any atom is -0.472 e. The fourth-order valence-corrected chi connectivity index (χ4v) is 21.8. The summed E-state index contributed by atoms with van der Waals surface area (Å²) in [6.07, 6.45) is 8.46. The molecule has 5 aromatic carbocycles. The fraction of sp³-hybridized carbons (Fsp3) is 0.0957. The van der Waals surface area contributed by atoms with Crippen LogP contribution in [0.1, 0.15) is 131 Å². The van der Waals surface area contributed by atoms with Crippen LogP contribution in [0.3, 0.4) is 0 Å². The van der Waals surface area contributed by atoms with E-state index in [1.807, 2.05) is 70.9 Å². The number of amides is 5. The summed E-state index contributed by atoms with van der Waals surface area (Å²) < 4.78 is 10.1. The second-order valence-electron chi connectivity index (χ2n) is 29.1. The minimum atomic E-state index is -0.573. The topological polar surface area (TPSA) is 373 Å². The average Bonchev–Trinajstić information content (AvgIpc) is 1.66. The number of H-pyrrole nitrogens is 1. The molecule has 0 saturated carbocycles. The number of carbonyl (C=O) groups is 5. The molecule has 11 N–H and O–H groups in total. The first kappa shape index (κ1) is 85.4. The Kier molecular flexibility index (Phi) is 26.1. The van der Waals surface area contributed by atoms with Crippen molar-refractivity contribution in [3.63, 3.8) is 0 Å². The van der Waals surface area contributed by atoms with Crippen LogP contribution in [0.25, 0.3) is 103 Å². The number of rotatable bonds is 20. The van der Waals surface area contributed by atoms with Gasteiger partial charge in [-0.2, -0.15) is 59.5 Å². The zero-order valence-corrected chi connectivity index (χ0v) is 75.2. The van der Waals surface area contributed by atoms with Crippen LogP contribution in [0, 0.1) is 27.7 Å². The Balaban J connectivity index is 0.000000115. The molecule has 0 atom stereocenters. The average molecular weight is 1860 g/mol. The number of aryl methyl sites for hydroxylation is 4. The fourth-order valence-electron chi connectivity index (χ4n) is 13.6. The van der Waals surface area contributed by atoms with E-state index in [0.717, 1.165) is 147 Å². The number of nitrogens with zero attached hydrogens (tertiary/aromatic N) is 10. The second-order valence-corrected chi connectivity index (χ2v) is 37.7. The Bertz CT molecular complexity index is 6270. The van der Waals surface area contributed by atoms with Crippen molar-refractivity contribution >= 4 is 187 Å². The predicted molar refractivity (Wildman–Crippen MR) is 510 cm³/mol. The highest BCUT2D eigenvalue weighted by Crippen LogP contribution is 2.43. The highest BCUT2D eigenvalue weighted by molar-refractivity contribution is 9.10. The van der Waals surface area contributed by atoms with Crippen LogP contribution >= 0.6 is 107 Å². The summed E-state index contributed by atoms with van der Waals surface area (Å²) in [5, 5.41) is 58.9. The SMILES string of the molecule is Cc1ccc(-c2cc3c(Cc4ccc[nH]4)nnc(C(N)=O)c3s2)cc1.Cc1ccc(-c2cc3c(Cc4ccsc4)nnc(C(N)=O)c3s2)cc1.Cc1ccc(-c2cc3c(Cc4ccsc4)nnc(C(N)=O)c3s2)cc1.Cc1ccc(-c2cc3c(Cc4ccsc4)nnc(C(N)=O)c3s2)cc1.NC(=O)c1nnc(Cc2ccoc2)c2cc(-c3ccc(Br)cc3)sc12. The number of halogens is 1. The molecule has 0 aliphatic carbocycles. The van der Waals surface area contributed by atoms with Crippen molar-refractivity contribution in [1.82, 2.24) is 56.0 Å². The van der Waals surface area contributed by atoms with Gasteiger partial charge in [0.05, 0.1) is 64.5 Å². The number of aromatic nitrogens is 11. The van der Waals surface area contributed by atoms with Gasteiger partial charge in [-0.15, -0.1) is 82.2 Å². The molecule has 0 saturated heterocycles. The van der Waals surface area contributed by atoms with Gasteiger partial charge in [0.2, 0.25) is 0 Å². The number of thiophene rings is 8. The quantitative estimate of drug-likeness (QED) is 0.0413. The molecule has 15 heterocycles. The molecule has 20 rings (SSSR count). The summed E-state index contributed by atoms with van der Waals surface area (Å²) >= 11 is 16.0. The number of hydrogen-bond donors (Lipinski definition) is 6. The summed E-state index contributed by atoms with van der Waals surface area (Å²) in [6, 6.07) is 63.8. The first-order valence-electron chi connectivity index (χ1n) is 38.7. The predicted octanol–water partition coefficient (Wildman–Crippen LogP) is 21.3. The van der Waals surface area contributed by atoms with Gasteiger partial charge in [0.15, 0.2) is 28.5 Å². The molecule has 31 heteroatoms. The van der Waals surface area contributed by atoms with E-state index in [1.165, 1.54) is 95.6 Å². The van der Waals surface area contributed by atoms with E-state index < -0.39 is 29.5 Å². The van der Waals surface area contributed by atoms with Crippen LogP contribution in [-0.4, -0.2) is 85.5 Å². The van der Waals surface area contributed by atoms with E-state index in [9.17, 15) is 24.0 Å². The van der Waals surface area contributed by atoms with Crippen molar-refractivity contribution in [1.29, 1.82) is 0 Å². The molecular weight excluding hydrogens is 1790 g/mol. The number of fused-ring (bicyclic) bond motifs is 5. The Hall–Kier alpha value is -13.2. The number of primary amides is 5. The molecule has 0 radical (unpaired) electrons. The van der Waals surface area contributed by atoms with Gasteiger partial charge >= 0.3 is 0 Å². The molecule has 0 aliphatic heterocycles. The number of nitrogens with one attached hydrogen (secondary N) is 1. The van der Waals surface area contributed by atoms with Gasteiger partial charge in [-0.3, -0.25) is 24.0 Å².